The van der Waals surface area contributed by atoms with Crippen molar-refractivity contribution in [3.63, 3.8) is 0 Å². The fourth-order valence-electron chi connectivity index (χ4n) is 2.90. The summed E-state index contributed by atoms with van der Waals surface area (Å²) in [6.07, 6.45) is 0. The molecule has 5 nitrogen and oxygen atoms in total. The van der Waals surface area contributed by atoms with Crippen LogP contribution in [0.25, 0.3) is 0 Å². The number of pyridine rings is 1. The zero-order valence-electron chi connectivity index (χ0n) is 15.5. The number of carbonyl (C=O) groups is 1. The second kappa shape index (κ2) is 5.76. The molecule has 2 aromatic rings. The molecule has 1 aromatic heterocycles. The quantitative estimate of drug-likeness (QED) is 0.906. The van der Waals surface area contributed by atoms with E-state index in [0.29, 0.717) is 23.9 Å². The Hall–Kier alpha value is -2.56. The molecule has 0 saturated carbocycles. The number of anilines is 2. The summed E-state index contributed by atoms with van der Waals surface area (Å²) < 4.78 is 5.81. The van der Waals surface area contributed by atoms with Gasteiger partial charge in [0.2, 0.25) is 0 Å². The first kappa shape index (κ1) is 17.3. The van der Waals surface area contributed by atoms with Crippen molar-refractivity contribution in [3.05, 3.63) is 47.5 Å². The molecule has 5 heteroatoms. The van der Waals surface area contributed by atoms with E-state index in [-0.39, 0.29) is 11.3 Å². The van der Waals surface area contributed by atoms with E-state index in [1.165, 1.54) is 5.56 Å². The van der Waals surface area contributed by atoms with E-state index in [1.54, 1.807) is 30.9 Å². The van der Waals surface area contributed by atoms with E-state index in [0.717, 1.165) is 5.56 Å². The van der Waals surface area contributed by atoms with E-state index >= 15 is 0 Å². The maximum absolute atomic E-state index is 12.9. The first-order valence-corrected chi connectivity index (χ1v) is 8.45. The second-order valence-electron chi connectivity index (χ2n) is 8.01. The predicted molar refractivity (Wildman–Crippen MR) is 99.7 cm³/mol. The molecule has 0 radical (unpaired) electrons. The Morgan fingerprint density at radius 1 is 1.12 bits per heavy atom. The van der Waals surface area contributed by atoms with Crippen LogP contribution < -0.4 is 15.4 Å². The van der Waals surface area contributed by atoms with Crippen LogP contribution in [0.5, 0.6) is 5.75 Å². The highest BCUT2D eigenvalue weighted by atomic mass is 16.5. The van der Waals surface area contributed by atoms with Gasteiger partial charge in [-0.3, -0.25) is 9.69 Å². The molecule has 0 atom stereocenters. The fourth-order valence-corrected chi connectivity index (χ4v) is 2.90. The van der Waals surface area contributed by atoms with Crippen molar-refractivity contribution in [2.24, 2.45) is 0 Å². The van der Waals surface area contributed by atoms with E-state index in [1.807, 2.05) is 0 Å². The molecule has 0 bridgehead atoms. The molecule has 0 spiro atoms. The molecule has 1 aromatic carbocycles. The summed E-state index contributed by atoms with van der Waals surface area (Å²) in [5, 5.41) is 0. The predicted octanol–water partition coefficient (Wildman–Crippen LogP) is 3.67. The molecule has 0 saturated heterocycles. The van der Waals surface area contributed by atoms with Gasteiger partial charge in [0.05, 0.1) is 6.54 Å². The smallest absolute Gasteiger partial charge is 0.272 e. The van der Waals surface area contributed by atoms with Gasteiger partial charge in [0.15, 0.2) is 17.2 Å². The van der Waals surface area contributed by atoms with Crippen LogP contribution in [-0.4, -0.2) is 16.5 Å². The lowest BCUT2D eigenvalue weighted by molar-refractivity contribution is -0.132. The molecule has 2 heterocycles. The lowest BCUT2D eigenvalue weighted by Crippen LogP contribution is -2.52. The Morgan fingerprint density at radius 2 is 1.76 bits per heavy atom. The summed E-state index contributed by atoms with van der Waals surface area (Å²) in [5.74, 6) is 1.29. The van der Waals surface area contributed by atoms with E-state index in [2.05, 4.69) is 50.0 Å². The van der Waals surface area contributed by atoms with Gasteiger partial charge in [-0.1, -0.05) is 45.0 Å². The molecule has 0 aliphatic carbocycles. The van der Waals surface area contributed by atoms with Gasteiger partial charge < -0.3 is 10.5 Å². The third kappa shape index (κ3) is 3.31. The molecule has 0 unspecified atom stereocenters. The van der Waals surface area contributed by atoms with Crippen molar-refractivity contribution in [2.75, 3.05) is 10.6 Å². The standard InChI is InChI=1S/C20H25N3O2/c1-19(2,3)14-8-6-13(7-9-14)12-23-17-15(10-11-16(21)22-17)25-20(4,5)18(23)24/h6-11H,12H2,1-5H3,(H2,21,22). The number of hydrogen-bond acceptors (Lipinski definition) is 4. The zero-order chi connectivity index (χ0) is 18.4. The number of carbonyl (C=O) groups excluding carboxylic acids is 1. The number of rotatable bonds is 2. The van der Waals surface area contributed by atoms with Crippen LogP contribution in [0.3, 0.4) is 0 Å². The lowest BCUT2D eigenvalue weighted by Gasteiger charge is -2.38. The van der Waals surface area contributed by atoms with Crippen LogP contribution in [0.2, 0.25) is 0 Å². The SMILES string of the molecule is CC1(C)Oc2ccc(N)nc2N(Cc2ccc(C(C)(C)C)cc2)C1=O. The van der Waals surface area contributed by atoms with Gasteiger partial charge in [0, 0.05) is 0 Å². The monoisotopic (exact) mass is 339 g/mol. The Labute approximate surface area is 148 Å². The van der Waals surface area contributed by atoms with Gasteiger partial charge in [0.1, 0.15) is 5.82 Å². The molecule has 132 valence electrons. The first-order valence-electron chi connectivity index (χ1n) is 8.45. The number of nitrogen functional groups attached to an aromatic ring is 1. The highest BCUT2D eigenvalue weighted by molar-refractivity contribution is 6.01. The Morgan fingerprint density at radius 3 is 2.36 bits per heavy atom. The summed E-state index contributed by atoms with van der Waals surface area (Å²) in [5.41, 5.74) is 7.27. The largest absolute Gasteiger partial charge is 0.474 e. The lowest BCUT2D eigenvalue weighted by atomic mass is 9.86. The third-order valence-electron chi connectivity index (χ3n) is 4.40. The number of amides is 1. The second-order valence-corrected chi connectivity index (χ2v) is 8.01. The van der Waals surface area contributed by atoms with E-state index in [4.69, 9.17) is 10.5 Å². The molecular weight excluding hydrogens is 314 g/mol. The number of nitrogens with two attached hydrogens (primary N) is 1. The normalized spacial score (nSPS) is 16.4. The summed E-state index contributed by atoms with van der Waals surface area (Å²) >= 11 is 0. The fraction of sp³-hybridized carbons (Fsp3) is 0.400. The maximum Gasteiger partial charge on any atom is 0.272 e. The minimum absolute atomic E-state index is 0.0951. The van der Waals surface area contributed by atoms with Crippen molar-refractivity contribution >= 4 is 17.5 Å². The minimum atomic E-state index is -0.934. The van der Waals surface area contributed by atoms with Gasteiger partial charge in [-0.15, -0.1) is 0 Å². The highest BCUT2D eigenvalue weighted by Gasteiger charge is 2.41. The molecule has 0 fully saturated rings. The third-order valence-corrected chi connectivity index (χ3v) is 4.40. The molecule has 3 rings (SSSR count). The van der Waals surface area contributed by atoms with Crippen LogP contribution >= 0.6 is 0 Å². The van der Waals surface area contributed by atoms with Gasteiger partial charge in [-0.2, -0.15) is 0 Å². The van der Waals surface area contributed by atoms with Crippen LogP contribution in [0.1, 0.15) is 45.7 Å². The van der Waals surface area contributed by atoms with Gasteiger partial charge >= 0.3 is 0 Å². The number of aromatic nitrogens is 1. The van der Waals surface area contributed by atoms with Gasteiger partial charge in [0.25, 0.3) is 5.91 Å². The van der Waals surface area contributed by atoms with Crippen LogP contribution in [0, 0.1) is 0 Å². The summed E-state index contributed by atoms with van der Waals surface area (Å²) in [7, 11) is 0. The van der Waals surface area contributed by atoms with Crippen LogP contribution in [0.4, 0.5) is 11.6 Å². The summed E-state index contributed by atoms with van der Waals surface area (Å²) in [6.45, 7) is 10.5. The molecule has 2 N–H and O–H groups in total. The Kier molecular flexibility index (Phi) is 3.98. The van der Waals surface area contributed by atoms with Crippen LogP contribution in [0.15, 0.2) is 36.4 Å². The average molecular weight is 339 g/mol. The van der Waals surface area contributed by atoms with Crippen LogP contribution in [-0.2, 0) is 16.8 Å². The van der Waals surface area contributed by atoms with Gasteiger partial charge in [-0.25, -0.2) is 4.98 Å². The number of benzene rings is 1. The number of ether oxygens (including phenoxy) is 1. The summed E-state index contributed by atoms with van der Waals surface area (Å²) in [4.78, 5) is 18.8. The first-order chi connectivity index (χ1) is 11.6. The molecular formula is C20H25N3O2. The molecule has 1 aliphatic rings. The van der Waals surface area contributed by atoms with E-state index in [9.17, 15) is 4.79 Å². The maximum atomic E-state index is 12.9. The Bertz CT molecular complexity index is 805. The number of fused-ring (bicyclic) bond motifs is 1. The van der Waals surface area contributed by atoms with Gasteiger partial charge in [-0.05, 0) is 42.5 Å². The number of nitrogens with zero attached hydrogens (tertiary/aromatic N) is 2. The van der Waals surface area contributed by atoms with Crippen molar-refractivity contribution in [3.8, 4) is 5.75 Å². The average Bonchev–Trinajstić information content (AvgIpc) is 2.52. The Balaban J connectivity index is 1.96. The molecule has 25 heavy (non-hydrogen) atoms. The molecule has 1 amide bonds. The zero-order valence-corrected chi connectivity index (χ0v) is 15.5. The van der Waals surface area contributed by atoms with E-state index < -0.39 is 5.60 Å². The summed E-state index contributed by atoms with van der Waals surface area (Å²) in [6, 6.07) is 11.8. The number of hydrogen-bond donors (Lipinski definition) is 1. The van der Waals surface area contributed by atoms with Crippen molar-refractivity contribution < 1.29 is 9.53 Å². The molecule has 1 aliphatic heterocycles. The highest BCUT2D eigenvalue weighted by Crippen LogP contribution is 2.37. The minimum Gasteiger partial charge on any atom is -0.474 e. The van der Waals surface area contributed by atoms with Crippen molar-refractivity contribution in [2.45, 2.75) is 52.2 Å². The van der Waals surface area contributed by atoms with Crippen molar-refractivity contribution in [1.82, 2.24) is 4.98 Å². The van der Waals surface area contributed by atoms with Crippen molar-refractivity contribution in [1.29, 1.82) is 0 Å². The topological polar surface area (TPSA) is 68.5 Å².